The maximum atomic E-state index is 11.2. The Morgan fingerprint density at radius 3 is 2.90 bits per heavy atom. The molecule has 0 saturated carbocycles. The first-order chi connectivity index (χ1) is 9.54. The van der Waals surface area contributed by atoms with Gasteiger partial charge in [0, 0.05) is 17.7 Å². The van der Waals surface area contributed by atoms with Gasteiger partial charge >= 0.3 is 5.97 Å². The van der Waals surface area contributed by atoms with E-state index < -0.39 is 16.9 Å². The molecule has 1 aromatic carbocycles. The van der Waals surface area contributed by atoms with Gasteiger partial charge in [-0.25, -0.2) is 9.48 Å². The molecule has 0 fully saturated rings. The molecule has 1 unspecified atom stereocenters. The highest BCUT2D eigenvalue weighted by atomic mass is 16.6. The van der Waals surface area contributed by atoms with E-state index in [2.05, 4.69) is 10.3 Å². The summed E-state index contributed by atoms with van der Waals surface area (Å²) in [6.07, 6.45) is 1.73. The largest absolute Gasteiger partial charge is 0.480 e. The Hall–Kier alpha value is -2.77. The molecule has 1 atom stereocenters. The van der Waals surface area contributed by atoms with Crippen LogP contribution in [0.4, 0.5) is 5.69 Å². The van der Waals surface area contributed by atoms with Gasteiger partial charge in [0.15, 0.2) is 6.04 Å². The van der Waals surface area contributed by atoms with E-state index in [4.69, 9.17) is 5.11 Å². The zero-order chi connectivity index (χ0) is 14.7. The number of aromatic nitrogens is 3. The maximum Gasteiger partial charge on any atom is 0.328 e. The zero-order valence-corrected chi connectivity index (χ0v) is 10.6. The van der Waals surface area contributed by atoms with Crippen molar-refractivity contribution in [3.8, 4) is 11.3 Å². The van der Waals surface area contributed by atoms with Gasteiger partial charge in [-0.2, -0.15) is 0 Å². The van der Waals surface area contributed by atoms with Crippen molar-refractivity contribution in [3.63, 3.8) is 0 Å². The van der Waals surface area contributed by atoms with Gasteiger partial charge in [0.25, 0.3) is 5.69 Å². The lowest BCUT2D eigenvalue weighted by molar-refractivity contribution is -0.384. The number of carboxylic acid groups (broad SMARTS) is 1. The number of nitrogens with zero attached hydrogens (tertiary/aromatic N) is 4. The maximum absolute atomic E-state index is 11.2. The van der Waals surface area contributed by atoms with Crippen molar-refractivity contribution in [1.29, 1.82) is 0 Å². The summed E-state index contributed by atoms with van der Waals surface area (Å²) in [4.78, 5) is 21.5. The van der Waals surface area contributed by atoms with Crippen LogP contribution >= 0.6 is 0 Å². The van der Waals surface area contributed by atoms with Crippen LogP contribution in [-0.4, -0.2) is 31.0 Å². The summed E-state index contributed by atoms with van der Waals surface area (Å²) >= 11 is 0. The smallest absolute Gasteiger partial charge is 0.328 e. The molecule has 104 valence electrons. The standard InChI is InChI=1S/C12H12N4O4/c1-2-10(12(17)18)15-11(7-13-14-15)8-4-3-5-9(6-8)16(19)20/h3-7,10H,2H2,1H3,(H,17,18). The molecule has 2 rings (SSSR count). The minimum Gasteiger partial charge on any atom is -0.480 e. The Labute approximate surface area is 113 Å². The predicted octanol–water partition coefficient (Wildman–Crippen LogP) is 1.89. The average molecular weight is 276 g/mol. The highest BCUT2D eigenvalue weighted by Gasteiger charge is 2.22. The molecule has 20 heavy (non-hydrogen) atoms. The van der Waals surface area contributed by atoms with Gasteiger partial charge in [0.2, 0.25) is 0 Å². The summed E-state index contributed by atoms with van der Waals surface area (Å²) in [6.45, 7) is 1.72. The van der Waals surface area contributed by atoms with E-state index >= 15 is 0 Å². The number of carbonyl (C=O) groups is 1. The predicted molar refractivity (Wildman–Crippen MR) is 69.1 cm³/mol. The molecule has 0 aliphatic heterocycles. The lowest BCUT2D eigenvalue weighted by atomic mass is 10.1. The fraction of sp³-hybridized carbons (Fsp3) is 0.250. The van der Waals surface area contributed by atoms with Crippen LogP contribution in [0.5, 0.6) is 0 Å². The first-order valence-electron chi connectivity index (χ1n) is 5.92. The quantitative estimate of drug-likeness (QED) is 0.659. The topological polar surface area (TPSA) is 111 Å². The van der Waals surface area contributed by atoms with Gasteiger partial charge in [-0.1, -0.05) is 24.3 Å². The second-order valence-corrected chi connectivity index (χ2v) is 4.13. The Kier molecular flexibility index (Phi) is 3.74. The summed E-state index contributed by atoms with van der Waals surface area (Å²) in [7, 11) is 0. The third-order valence-corrected chi connectivity index (χ3v) is 2.89. The van der Waals surface area contributed by atoms with Crippen LogP contribution in [0.1, 0.15) is 19.4 Å². The molecule has 0 bridgehead atoms. The van der Waals surface area contributed by atoms with Crippen molar-refractivity contribution in [2.45, 2.75) is 19.4 Å². The fourth-order valence-electron chi connectivity index (χ4n) is 1.91. The van der Waals surface area contributed by atoms with Gasteiger partial charge in [-0.05, 0) is 6.42 Å². The Morgan fingerprint density at radius 1 is 1.55 bits per heavy atom. The molecular weight excluding hydrogens is 264 g/mol. The number of nitro groups is 1. The van der Waals surface area contributed by atoms with Gasteiger partial charge in [0.05, 0.1) is 16.8 Å². The number of benzene rings is 1. The SMILES string of the molecule is CCC(C(=O)O)n1nncc1-c1cccc([N+](=O)[O-])c1. The van der Waals surface area contributed by atoms with Gasteiger partial charge < -0.3 is 5.11 Å². The lowest BCUT2D eigenvalue weighted by Crippen LogP contribution is -2.20. The number of nitro benzene ring substituents is 1. The molecule has 1 heterocycles. The minimum atomic E-state index is -1.02. The average Bonchev–Trinajstić information content (AvgIpc) is 2.88. The van der Waals surface area contributed by atoms with E-state index in [9.17, 15) is 14.9 Å². The van der Waals surface area contributed by atoms with Crippen molar-refractivity contribution in [1.82, 2.24) is 15.0 Å². The first-order valence-corrected chi connectivity index (χ1v) is 5.92. The molecule has 0 radical (unpaired) electrons. The van der Waals surface area contributed by atoms with Crippen LogP contribution in [0.15, 0.2) is 30.5 Å². The highest BCUT2D eigenvalue weighted by molar-refractivity contribution is 5.73. The van der Waals surface area contributed by atoms with Gasteiger partial charge in [0.1, 0.15) is 0 Å². The van der Waals surface area contributed by atoms with Crippen LogP contribution in [0.3, 0.4) is 0 Å². The van der Waals surface area contributed by atoms with E-state index in [0.717, 1.165) is 0 Å². The van der Waals surface area contributed by atoms with Gasteiger partial charge in [-0.3, -0.25) is 10.1 Å². The fourth-order valence-corrected chi connectivity index (χ4v) is 1.91. The molecule has 0 saturated heterocycles. The lowest BCUT2D eigenvalue weighted by Gasteiger charge is -2.12. The van der Waals surface area contributed by atoms with Crippen LogP contribution in [-0.2, 0) is 4.79 Å². The third kappa shape index (κ3) is 2.48. The molecule has 8 nitrogen and oxygen atoms in total. The molecule has 2 aromatic rings. The van der Waals surface area contributed by atoms with Crippen molar-refractivity contribution < 1.29 is 14.8 Å². The number of carboxylic acids is 1. The van der Waals surface area contributed by atoms with Crippen LogP contribution < -0.4 is 0 Å². The molecule has 0 aliphatic rings. The second kappa shape index (κ2) is 5.47. The number of aliphatic carboxylic acids is 1. The van der Waals surface area contributed by atoms with E-state index in [1.807, 2.05) is 0 Å². The molecule has 8 heteroatoms. The summed E-state index contributed by atoms with van der Waals surface area (Å²) < 4.78 is 1.27. The molecule has 0 aliphatic carbocycles. The molecule has 1 N–H and O–H groups in total. The monoisotopic (exact) mass is 276 g/mol. The first kappa shape index (κ1) is 13.7. The van der Waals surface area contributed by atoms with E-state index in [1.54, 1.807) is 13.0 Å². The highest BCUT2D eigenvalue weighted by Crippen LogP contribution is 2.26. The van der Waals surface area contributed by atoms with Crippen molar-refractivity contribution >= 4 is 11.7 Å². The van der Waals surface area contributed by atoms with Crippen LogP contribution in [0, 0.1) is 10.1 Å². The Bertz CT molecular complexity index is 652. The summed E-state index contributed by atoms with van der Waals surface area (Å²) in [5.74, 6) is -1.02. The second-order valence-electron chi connectivity index (χ2n) is 4.13. The van der Waals surface area contributed by atoms with E-state index in [0.29, 0.717) is 17.7 Å². The Morgan fingerprint density at radius 2 is 2.30 bits per heavy atom. The molecule has 1 aromatic heterocycles. The minimum absolute atomic E-state index is 0.0707. The van der Waals surface area contributed by atoms with E-state index in [1.165, 1.54) is 29.1 Å². The van der Waals surface area contributed by atoms with Crippen LogP contribution in [0.25, 0.3) is 11.3 Å². The summed E-state index contributed by atoms with van der Waals surface area (Å²) in [6, 6.07) is 5.06. The number of rotatable bonds is 5. The van der Waals surface area contributed by atoms with Crippen molar-refractivity contribution in [2.75, 3.05) is 0 Å². The summed E-state index contributed by atoms with van der Waals surface area (Å²) in [5, 5.41) is 27.4. The number of hydrogen-bond donors (Lipinski definition) is 1. The van der Waals surface area contributed by atoms with Crippen molar-refractivity contribution in [2.24, 2.45) is 0 Å². The van der Waals surface area contributed by atoms with Gasteiger partial charge in [-0.15, -0.1) is 5.10 Å². The zero-order valence-electron chi connectivity index (χ0n) is 10.6. The van der Waals surface area contributed by atoms with Crippen molar-refractivity contribution in [3.05, 3.63) is 40.6 Å². The summed E-state index contributed by atoms with van der Waals surface area (Å²) in [5.41, 5.74) is 0.866. The van der Waals surface area contributed by atoms with Crippen LogP contribution in [0.2, 0.25) is 0 Å². The number of hydrogen-bond acceptors (Lipinski definition) is 5. The third-order valence-electron chi connectivity index (χ3n) is 2.89. The number of non-ortho nitro benzene ring substituents is 1. The molecule has 0 spiro atoms. The molecule has 0 amide bonds. The van der Waals surface area contributed by atoms with E-state index in [-0.39, 0.29) is 5.69 Å². The normalized spacial score (nSPS) is 12.1. The Balaban J connectivity index is 2.49. The molecular formula is C12H12N4O4.